The van der Waals surface area contributed by atoms with E-state index in [1.165, 1.54) is 12.1 Å². The number of hydrogen-bond acceptors (Lipinski definition) is 3. The molecule has 4 nitrogen and oxygen atoms in total. The van der Waals surface area contributed by atoms with Crippen LogP contribution in [0.3, 0.4) is 0 Å². The van der Waals surface area contributed by atoms with Crippen molar-refractivity contribution in [3.05, 3.63) is 77.0 Å². The predicted molar refractivity (Wildman–Crippen MR) is 95.9 cm³/mol. The largest absolute Gasteiger partial charge is 0.320 e. The first-order valence-corrected chi connectivity index (χ1v) is 8.50. The van der Waals surface area contributed by atoms with Crippen LogP contribution in [0.4, 0.5) is 4.39 Å². The molecule has 0 saturated heterocycles. The van der Waals surface area contributed by atoms with Crippen LogP contribution in [0.1, 0.15) is 52.0 Å². The van der Waals surface area contributed by atoms with E-state index in [0.717, 1.165) is 11.4 Å². The summed E-state index contributed by atoms with van der Waals surface area (Å²) in [6, 6.07) is 13.2. The Morgan fingerprint density at radius 3 is 2.27 bits per heavy atom. The second-order valence-electron chi connectivity index (χ2n) is 6.74. The van der Waals surface area contributed by atoms with Crippen molar-refractivity contribution < 1.29 is 14.0 Å². The van der Waals surface area contributed by atoms with Crippen LogP contribution in [0.25, 0.3) is 11.3 Å². The lowest BCUT2D eigenvalue weighted by Crippen LogP contribution is -2.24. The number of nitrogens with zero attached hydrogens (tertiary/aromatic N) is 2. The minimum absolute atomic E-state index is 0.0658. The van der Waals surface area contributed by atoms with Gasteiger partial charge in [0.05, 0.1) is 0 Å². The van der Waals surface area contributed by atoms with E-state index in [1.54, 1.807) is 28.8 Å². The van der Waals surface area contributed by atoms with Crippen molar-refractivity contribution in [2.45, 2.75) is 26.3 Å². The topological polar surface area (TPSA) is 52.0 Å². The zero-order valence-electron chi connectivity index (χ0n) is 14.5. The number of carbonyl (C=O) groups is 2. The maximum Gasteiger partial charge on any atom is 0.252 e. The van der Waals surface area contributed by atoms with Gasteiger partial charge in [-0.15, -0.1) is 0 Å². The van der Waals surface area contributed by atoms with Gasteiger partial charge in [0.2, 0.25) is 5.78 Å². The molecule has 0 aliphatic heterocycles. The fourth-order valence-corrected chi connectivity index (χ4v) is 3.38. The molecule has 0 radical (unpaired) electrons. The number of fused-ring (bicyclic) bond motifs is 3. The van der Waals surface area contributed by atoms with Crippen LogP contribution < -0.4 is 0 Å². The first-order chi connectivity index (χ1) is 12.5. The van der Waals surface area contributed by atoms with Crippen LogP contribution in [0, 0.1) is 5.82 Å². The van der Waals surface area contributed by atoms with Crippen molar-refractivity contribution in [1.82, 2.24) is 9.55 Å². The van der Waals surface area contributed by atoms with E-state index >= 15 is 0 Å². The Hall–Kier alpha value is -3.08. The predicted octanol–water partition coefficient (Wildman–Crippen LogP) is 4.24. The molecule has 3 aromatic rings. The van der Waals surface area contributed by atoms with Crippen LogP contribution >= 0.6 is 0 Å². The van der Waals surface area contributed by atoms with Gasteiger partial charge < -0.3 is 4.57 Å². The maximum atomic E-state index is 13.2. The first kappa shape index (κ1) is 16.4. The van der Waals surface area contributed by atoms with Crippen molar-refractivity contribution in [3.8, 4) is 11.3 Å². The molecule has 0 atom stereocenters. The molecule has 5 heteroatoms. The molecular weight excluding hydrogens is 331 g/mol. The third kappa shape index (κ3) is 2.47. The lowest BCUT2D eigenvalue weighted by atomic mass is 9.90. The highest BCUT2D eigenvalue weighted by molar-refractivity contribution is 6.52. The number of benzene rings is 2. The lowest BCUT2D eigenvalue weighted by Gasteiger charge is -2.17. The number of imidazole rings is 1. The number of ketones is 2. The number of Topliss-reactive ketones (excluding diaryl/α,β-unsaturated/α-hetero) is 2. The lowest BCUT2D eigenvalue weighted by molar-refractivity contribution is 0.0810. The number of carbonyl (C=O) groups excluding carboxylic acids is 2. The molecule has 0 fully saturated rings. The highest BCUT2D eigenvalue weighted by atomic mass is 19.1. The van der Waals surface area contributed by atoms with E-state index in [9.17, 15) is 14.0 Å². The monoisotopic (exact) mass is 348 g/mol. The Morgan fingerprint density at radius 1 is 0.962 bits per heavy atom. The summed E-state index contributed by atoms with van der Waals surface area (Å²) in [7, 11) is 0. The molecule has 1 heterocycles. The van der Waals surface area contributed by atoms with Gasteiger partial charge in [0.25, 0.3) is 5.78 Å². The van der Waals surface area contributed by atoms with E-state index in [2.05, 4.69) is 0 Å². The van der Waals surface area contributed by atoms with E-state index in [0.29, 0.717) is 29.1 Å². The van der Waals surface area contributed by atoms with Crippen LogP contribution in [0.15, 0.2) is 48.5 Å². The molecule has 0 unspecified atom stereocenters. The van der Waals surface area contributed by atoms with Crippen LogP contribution in [0.5, 0.6) is 0 Å². The van der Waals surface area contributed by atoms with E-state index in [-0.39, 0.29) is 11.7 Å². The SMILES string of the molecule is CC(C)c1nc2c(n1Cc1ccc(F)cc1)C(=O)C(=O)c1ccccc1-2. The molecule has 0 amide bonds. The van der Waals surface area contributed by atoms with Gasteiger partial charge >= 0.3 is 0 Å². The molecule has 1 aliphatic carbocycles. The van der Waals surface area contributed by atoms with Gasteiger partial charge in [-0.25, -0.2) is 9.37 Å². The van der Waals surface area contributed by atoms with Gasteiger partial charge in [0.15, 0.2) is 0 Å². The molecule has 0 spiro atoms. The zero-order valence-corrected chi connectivity index (χ0v) is 14.5. The van der Waals surface area contributed by atoms with E-state index in [4.69, 9.17) is 4.98 Å². The molecule has 0 bridgehead atoms. The van der Waals surface area contributed by atoms with Crippen LogP contribution in [-0.4, -0.2) is 21.1 Å². The van der Waals surface area contributed by atoms with Gasteiger partial charge in [-0.1, -0.05) is 50.2 Å². The van der Waals surface area contributed by atoms with Crippen molar-refractivity contribution in [1.29, 1.82) is 0 Å². The van der Waals surface area contributed by atoms with Crippen molar-refractivity contribution >= 4 is 11.6 Å². The molecule has 0 N–H and O–H groups in total. The molecule has 0 saturated carbocycles. The number of hydrogen-bond donors (Lipinski definition) is 0. The molecule has 26 heavy (non-hydrogen) atoms. The fourth-order valence-electron chi connectivity index (χ4n) is 3.38. The van der Waals surface area contributed by atoms with Gasteiger partial charge in [0.1, 0.15) is 23.0 Å². The number of rotatable bonds is 3. The second-order valence-corrected chi connectivity index (χ2v) is 6.74. The molecule has 130 valence electrons. The minimum atomic E-state index is -0.541. The number of aromatic nitrogens is 2. The molecule has 2 aromatic carbocycles. The molecular formula is C21H17FN2O2. The van der Waals surface area contributed by atoms with E-state index in [1.807, 2.05) is 26.0 Å². The normalized spacial score (nSPS) is 13.1. The van der Waals surface area contributed by atoms with Gasteiger partial charge in [0, 0.05) is 23.6 Å². The summed E-state index contributed by atoms with van der Waals surface area (Å²) in [5.74, 6) is -0.567. The summed E-state index contributed by atoms with van der Waals surface area (Å²) in [6.07, 6.45) is 0. The highest BCUT2D eigenvalue weighted by Crippen LogP contribution is 2.35. The number of halogens is 1. The Labute approximate surface area is 150 Å². The van der Waals surface area contributed by atoms with Gasteiger partial charge in [-0.05, 0) is 17.7 Å². The van der Waals surface area contributed by atoms with Gasteiger partial charge in [-0.2, -0.15) is 0 Å². The Balaban J connectivity index is 1.93. The standard InChI is InChI=1S/C21H17FN2O2/c1-12(2)21-23-17-15-5-3-4-6-16(15)19(25)20(26)18(17)24(21)11-13-7-9-14(22)10-8-13/h3-10,12H,11H2,1-2H3. The Morgan fingerprint density at radius 2 is 1.62 bits per heavy atom. The zero-order chi connectivity index (χ0) is 18.4. The molecule has 4 rings (SSSR count). The van der Waals surface area contributed by atoms with E-state index < -0.39 is 11.6 Å². The molecule has 1 aliphatic rings. The summed E-state index contributed by atoms with van der Waals surface area (Å²) in [5, 5.41) is 0. The maximum absolute atomic E-state index is 13.2. The second kappa shape index (κ2) is 6.02. The Bertz CT molecular complexity index is 1030. The summed E-state index contributed by atoms with van der Waals surface area (Å²) < 4.78 is 15.0. The quantitative estimate of drug-likeness (QED) is 0.665. The third-order valence-electron chi connectivity index (χ3n) is 4.62. The van der Waals surface area contributed by atoms with Crippen molar-refractivity contribution in [3.63, 3.8) is 0 Å². The summed E-state index contributed by atoms with van der Waals surface area (Å²) in [5.41, 5.74) is 2.80. The molecule has 1 aromatic heterocycles. The smallest absolute Gasteiger partial charge is 0.252 e. The van der Waals surface area contributed by atoms with Crippen molar-refractivity contribution in [2.24, 2.45) is 0 Å². The summed E-state index contributed by atoms with van der Waals surface area (Å²) in [6.45, 7) is 4.34. The fraction of sp³-hybridized carbons (Fsp3) is 0.190. The first-order valence-electron chi connectivity index (χ1n) is 8.50. The summed E-state index contributed by atoms with van der Waals surface area (Å²) in [4.78, 5) is 30.1. The summed E-state index contributed by atoms with van der Waals surface area (Å²) >= 11 is 0. The van der Waals surface area contributed by atoms with Crippen molar-refractivity contribution in [2.75, 3.05) is 0 Å². The Kier molecular flexibility index (Phi) is 3.80. The highest BCUT2D eigenvalue weighted by Gasteiger charge is 2.36. The van der Waals surface area contributed by atoms with Crippen LogP contribution in [-0.2, 0) is 6.54 Å². The minimum Gasteiger partial charge on any atom is -0.320 e. The average molecular weight is 348 g/mol. The third-order valence-corrected chi connectivity index (χ3v) is 4.62. The average Bonchev–Trinajstić information content (AvgIpc) is 3.01. The van der Waals surface area contributed by atoms with Gasteiger partial charge in [-0.3, -0.25) is 9.59 Å². The van der Waals surface area contributed by atoms with Crippen LogP contribution in [0.2, 0.25) is 0 Å².